The molecule has 0 fully saturated rings. The van der Waals surface area contributed by atoms with Gasteiger partial charge in [-0.25, -0.2) is 0 Å². The first kappa shape index (κ1) is 17.2. The highest BCUT2D eigenvalue weighted by Gasteiger charge is 2.11. The van der Waals surface area contributed by atoms with Gasteiger partial charge in [0.15, 0.2) is 0 Å². The van der Waals surface area contributed by atoms with Crippen molar-refractivity contribution in [2.24, 2.45) is 0 Å². The van der Waals surface area contributed by atoms with Gasteiger partial charge in [0.25, 0.3) is 5.69 Å². The third-order valence-corrected chi connectivity index (χ3v) is 3.98. The molecule has 1 aromatic heterocycles. The quantitative estimate of drug-likeness (QED) is 0.554. The molecule has 1 heterocycles. The lowest BCUT2D eigenvalue weighted by atomic mass is 10.1. The molecule has 1 N–H and O–H groups in total. The Labute approximate surface area is 150 Å². The molecule has 0 aliphatic heterocycles. The smallest absolute Gasteiger partial charge is 0.270 e. The summed E-state index contributed by atoms with van der Waals surface area (Å²) in [6.45, 7) is 4.61. The van der Waals surface area contributed by atoms with Crippen molar-refractivity contribution >= 4 is 17.1 Å². The highest BCUT2D eigenvalue weighted by molar-refractivity contribution is 5.68. The maximum atomic E-state index is 10.9. The highest BCUT2D eigenvalue weighted by Crippen LogP contribution is 2.25. The first-order valence-corrected chi connectivity index (χ1v) is 8.02. The fourth-order valence-corrected chi connectivity index (χ4v) is 2.76. The summed E-state index contributed by atoms with van der Waals surface area (Å²) in [6, 6.07) is 16.0. The molecular weight excluding hydrogens is 330 g/mol. The van der Waals surface area contributed by atoms with Gasteiger partial charge in [-0.2, -0.15) is 10.4 Å². The summed E-state index contributed by atoms with van der Waals surface area (Å²) in [5.41, 5.74) is 4.57. The summed E-state index contributed by atoms with van der Waals surface area (Å²) in [5, 5.41) is 27.7. The number of aromatic nitrogens is 2. The number of hydrogen-bond donors (Lipinski definition) is 1. The van der Waals surface area contributed by atoms with Crippen molar-refractivity contribution in [2.75, 3.05) is 5.32 Å². The normalized spacial score (nSPS) is 10.3. The van der Waals surface area contributed by atoms with Gasteiger partial charge in [0.1, 0.15) is 6.07 Å². The van der Waals surface area contributed by atoms with Crippen LogP contribution in [0.5, 0.6) is 0 Å². The molecule has 0 aliphatic rings. The number of non-ortho nitro benzene ring substituents is 1. The second-order valence-corrected chi connectivity index (χ2v) is 6.01. The summed E-state index contributed by atoms with van der Waals surface area (Å²) in [7, 11) is 0. The lowest BCUT2D eigenvalue weighted by Gasteiger charge is -2.10. The van der Waals surface area contributed by atoms with Gasteiger partial charge in [0.05, 0.1) is 28.4 Å². The van der Waals surface area contributed by atoms with Crippen LogP contribution < -0.4 is 5.32 Å². The summed E-state index contributed by atoms with van der Waals surface area (Å²) < 4.78 is 1.93. The Balaban J connectivity index is 1.84. The van der Waals surface area contributed by atoms with Gasteiger partial charge in [-0.15, -0.1) is 0 Å². The van der Waals surface area contributed by atoms with E-state index in [1.807, 2.05) is 54.9 Å². The summed E-state index contributed by atoms with van der Waals surface area (Å²) in [5.74, 6) is 0. The van der Waals surface area contributed by atoms with E-state index in [1.54, 1.807) is 6.07 Å². The van der Waals surface area contributed by atoms with Crippen LogP contribution >= 0.6 is 0 Å². The molecule has 3 rings (SSSR count). The Morgan fingerprint density at radius 2 is 2.04 bits per heavy atom. The maximum absolute atomic E-state index is 10.9. The van der Waals surface area contributed by atoms with Gasteiger partial charge in [0.2, 0.25) is 0 Å². The fraction of sp³-hybridized carbons (Fsp3) is 0.158. The summed E-state index contributed by atoms with van der Waals surface area (Å²) in [4.78, 5) is 10.3. The molecule has 26 heavy (non-hydrogen) atoms. The van der Waals surface area contributed by atoms with Gasteiger partial charge >= 0.3 is 0 Å². The number of rotatable bonds is 5. The van der Waals surface area contributed by atoms with Crippen LogP contribution in [0.15, 0.2) is 48.5 Å². The lowest BCUT2D eigenvalue weighted by molar-refractivity contribution is -0.384. The standard InChI is InChI=1S/C19H17N5O2/c1-13-8-14(2)23(22-13)12-15-4-3-5-17(9-15)21-19-7-6-18(24(25)26)10-16(19)11-20/h3-10,21H,12H2,1-2H3. The average Bonchev–Trinajstić information content (AvgIpc) is 2.92. The van der Waals surface area contributed by atoms with Gasteiger partial charge in [-0.1, -0.05) is 12.1 Å². The van der Waals surface area contributed by atoms with E-state index in [0.717, 1.165) is 22.6 Å². The largest absolute Gasteiger partial charge is 0.354 e. The Hall–Kier alpha value is -3.66. The first-order valence-electron chi connectivity index (χ1n) is 8.02. The Morgan fingerprint density at radius 1 is 1.23 bits per heavy atom. The first-order chi connectivity index (χ1) is 12.5. The number of nitriles is 1. The molecule has 0 unspecified atom stereocenters. The topological polar surface area (TPSA) is 96.8 Å². The predicted molar refractivity (Wildman–Crippen MR) is 98.3 cm³/mol. The number of nitrogens with one attached hydrogen (secondary N) is 1. The van der Waals surface area contributed by atoms with Gasteiger partial charge in [0, 0.05) is 23.5 Å². The minimum absolute atomic E-state index is 0.106. The van der Waals surface area contributed by atoms with E-state index in [9.17, 15) is 15.4 Å². The van der Waals surface area contributed by atoms with E-state index in [-0.39, 0.29) is 11.3 Å². The van der Waals surface area contributed by atoms with Crippen molar-refractivity contribution in [3.63, 3.8) is 0 Å². The third kappa shape index (κ3) is 3.70. The predicted octanol–water partition coefficient (Wildman–Crippen LogP) is 4.07. The van der Waals surface area contributed by atoms with E-state index in [4.69, 9.17) is 0 Å². The van der Waals surface area contributed by atoms with Crippen molar-refractivity contribution < 1.29 is 4.92 Å². The minimum Gasteiger partial charge on any atom is -0.354 e. The number of hydrogen-bond acceptors (Lipinski definition) is 5. The lowest BCUT2D eigenvalue weighted by Crippen LogP contribution is -2.04. The molecule has 0 radical (unpaired) electrons. The minimum atomic E-state index is -0.514. The molecule has 0 saturated carbocycles. The average molecular weight is 347 g/mol. The van der Waals surface area contributed by atoms with E-state index in [1.165, 1.54) is 12.1 Å². The van der Waals surface area contributed by atoms with E-state index in [2.05, 4.69) is 10.4 Å². The van der Waals surface area contributed by atoms with Crippen molar-refractivity contribution in [1.29, 1.82) is 5.26 Å². The third-order valence-electron chi connectivity index (χ3n) is 3.98. The van der Waals surface area contributed by atoms with Crippen LogP contribution in [0.2, 0.25) is 0 Å². The van der Waals surface area contributed by atoms with Crippen LogP contribution in [0, 0.1) is 35.3 Å². The molecule has 2 aromatic carbocycles. The number of aryl methyl sites for hydroxylation is 2. The molecule has 0 saturated heterocycles. The monoisotopic (exact) mass is 347 g/mol. The van der Waals surface area contributed by atoms with Crippen LogP contribution in [-0.2, 0) is 6.54 Å². The second kappa shape index (κ2) is 7.07. The number of nitrogens with zero attached hydrogens (tertiary/aromatic N) is 4. The van der Waals surface area contributed by atoms with Gasteiger partial charge in [-0.3, -0.25) is 14.8 Å². The summed E-state index contributed by atoms with van der Waals surface area (Å²) in [6.07, 6.45) is 0. The van der Waals surface area contributed by atoms with Crippen LogP contribution in [0.1, 0.15) is 22.5 Å². The van der Waals surface area contributed by atoms with Gasteiger partial charge in [-0.05, 0) is 43.7 Å². The molecule has 0 spiro atoms. The molecule has 7 nitrogen and oxygen atoms in total. The number of anilines is 2. The Kier molecular flexibility index (Phi) is 4.67. The van der Waals surface area contributed by atoms with Crippen molar-refractivity contribution in [3.05, 3.63) is 81.2 Å². The molecule has 0 atom stereocenters. The van der Waals surface area contributed by atoms with E-state index in [0.29, 0.717) is 12.2 Å². The Bertz CT molecular complexity index is 1020. The second-order valence-electron chi connectivity index (χ2n) is 6.01. The SMILES string of the molecule is Cc1cc(C)n(Cc2cccc(Nc3ccc([N+](=O)[O-])cc3C#N)c2)n1. The zero-order chi connectivity index (χ0) is 18.7. The van der Waals surface area contributed by atoms with Crippen LogP contribution in [0.25, 0.3) is 0 Å². The molecule has 0 bridgehead atoms. The summed E-state index contributed by atoms with van der Waals surface area (Å²) >= 11 is 0. The van der Waals surface area contributed by atoms with Crippen molar-refractivity contribution in [2.45, 2.75) is 20.4 Å². The van der Waals surface area contributed by atoms with Crippen molar-refractivity contribution in [3.8, 4) is 6.07 Å². The molecule has 3 aromatic rings. The number of nitro benzene ring substituents is 1. The van der Waals surface area contributed by atoms with Crippen molar-refractivity contribution in [1.82, 2.24) is 9.78 Å². The van der Waals surface area contributed by atoms with Crippen LogP contribution in [0.3, 0.4) is 0 Å². The van der Waals surface area contributed by atoms with Crippen LogP contribution in [-0.4, -0.2) is 14.7 Å². The number of nitro groups is 1. The molecule has 0 amide bonds. The number of benzene rings is 2. The maximum Gasteiger partial charge on any atom is 0.270 e. The zero-order valence-electron chi connectivity index (χ0n) is 14.4. The zero-order valence-corrected chi connectivity index (χ0v) is 14.4. The van der Waals surface area contributed by atoms with E-state index < -0.39 is 4.92 Å². The Morgan fingerprint density at radius 3 is 2.69 bits per heavy atom. The molecular formula is C19H17N5O2. The van der Waals surface area contributed by atoms with Crippen LogP contribution in [0.4, 0.5) is 17.1 Å². The molecule has 130 valence electrons. The molecule has 0 aliphatic carbocycles. The van der Waals surface area contributed by atoms with Gasteiger partial charge < -0.3 is 5.32 Å². The highest BCUT2D eigenvalue weighted by atomic mass is 16.6. The molecule has 7 heteroatoms. The fourth-order valence-electron chi connectivity index (χ4n) is 2.76. The van der Waals surface area contributed by atoms with E-state index >= 15 is 0 Å².